The van der Waals surface area contributed by atoms with Gasteiger partial charge in [-0.1, -0.05) is 16.6 Å². The Bertz CT molecular complexity index is 1310. The van der Waals surface area contributed by atoms with Gasteiger partial charge in [0, 0.05) is 28.4 Å². The highest BCUT2D eigenvalue weighted by Crippen LogP contribution is 2.18. The molecule has 0 spiro atoms. The molecule has 2 N–H and O–H groups in total. The van der Waals surface area contributed by atoms with Crippen molar-refractivity contribution >= 4 is 16.8 Å². The van der Waals surface area contributed by atoms with Crippen molar-refractivity contribution in [2.45, 2.75) is 6.42 Å². The Morgan fingerprint density at radius 1 is 1.11 bits per heavy atom. The summed E-state index contributed by atoms with van der Waals surface area (Å²) in [5.74, 6) is 1.32. The summed E-state index contributed by atoms with van der Waals surface area (Å²) in [4.78, 5) is 11.9. The Labute approximate surface area is 153 Å². The maximum absolute atomic E-state index is 8.95. The van der Waals surface area contributed by atoms with Gasteiger partial charge in [-0.3, -0.25) is 0 Å². The van der Waals surface area contributed by atoms with Crippen LogP contribution in [0.3, 0.4) is 0 Å². The molecule has 1 aromatic carbocycles. The van der Waals surface area contributed by atoms with Crippen molar-refractivity contribution in [3.63, 3.8) is 0 Å². The van der Waals surface area contributed by atoms with Crippen LogP contribution in [0.5, 0.6) is 0 Å². The van der Waals surface area contributed by atoms with E-state index in [1.165, 1.54) is 0 Å². The molecule has 8 nitrogen and oxygen atoms in total. The number of nitrogens with zero attached hydrogens (tertiary/aromatic N) is 6. The third-order valence-corrected chi connectivity index (χ3v) is 4.44. The molecule has 0 unspecified atom stereocenters. The monoisotopic (exact) mass is 353 g/mol. The maximum atomic E-state index is 8.95. The molecule has 0 aliphatic rings. The minimum atomic E-state index is 0.500. The largest absolute Gasteiger partial charge is 0.437 e. The van der Waals surface area contributed by atoms with Gasteiger partial charge in [0.05, 0.1) is 18.1 Å². The predicted octanol–water partition coefficient (Wildman–Crippen LogP) is 1.94. The molecule has 0 fully saturated rings. The van der Waals surface area contributed by atoms with Crippen molar-refractivity contribution < 1.29 is 4.52 Å². The van der Waals surface area contributed by atoms with Crippen LogP contribution in [0.25, 0.3) is 28.1 Å². The molecule has 4 aromatic heterocycles. The lowest BCUT2D eigenvalue weighted by Crippen LogP contribution is -2.31. The summed E-state index contributed by atoms with van der Waals surface area (Å²) in [6.45, 7) is 0. The SMILES string of the molecule is N#Cc1ccc(-c2cnc3n[nH]c(Cc4c[nH]c5ncccc45)[n+]3n2)cc1. The number of benzene rings is 1. The van der Waals surface area contributed by atoms with Crippen molar-refractivity contribution in [3.8, 4) is 17.3 Å². The maximum Gasteiger partial charge on any atom is 0.437 e. The summed E-state index contributed by atoms with van der Waals surface area (Å²) < 4.78 is 1.71. The molecule has 0 aliphatic carbocycles. The fraction of sp³-hybridized carbons (Fsp3) is 0.0526. The van der Waals surface area contributed by atoms with Gasteiger partial charge in [0.1, 0.15) is 17.5 Å². The Kier molecular flexibility index (Phi) is 3.37. The number of nitriles is 1. The fourth-order valence-electron chi connectivity index (χ4n) is 3.07. The van der Waals surface area contributed by atoms with Gasteiger partial charge in [-0.05, 0) is 29.8 Å². The van der Waals surface area contributed by atoms with Crippen LogP contribution in [0.1, 0.15) is 17.0 Å². The number of fused-ring (bicyclic) bond motifs is 2. The minimum Gasteiger partial charge on any atom is -0.346 e. The highest BCUT2D eigenvalue weighted by atomic mass is 15.4. The molecule has 5 rings (SSSR count). The zero-order valence-electron chi connectivity index (χ0n) is 14.1. The van der Waals surface area contributed by atoms with E-state index in [1.807, 2.05) is 30.5 Å². The Hall–Kier alpha value is -4.12. The van der Waals surface area contributed by atoms with Crippen molar-refractivity contribution in [1.82, 2.24) is 30.2 Å². The van der Waals surface area contributed by atoms with Crippen LogP contribution in [0.15, 0.2) is 55.0 Å². The van der Waals surface area contributed by atoms with Crippen molar-refractivity contribution in [3.05, 3.63) is 71.9 Å². The van der Waals surface area contributed by atoms with E-state index in [1.54, 1.807) is 29.0 Å². The van der Waals surface area contributed by atoms with Gasteiger partial charge < -0.3 is 4.98 Å². The number of hydrogen-bond acceptors (Lipinski definition) is 5. The molecule has 5 aromatic rings. The lowest BCUT2D eigenvalue weighted by molar-refractivity contribution is -0.590. The molecule has 0 bridgehead atoms. The molecule has 8 heteroatoms. The van der Waals surface area contributed by atoms with Crippen LogP contribution < -0.4 is 4.52 Å². The molecule has 0 aliphatic heterocycles. The van der Waals surface area contributed by atoms with E-state index in [4.69, 9.17) is 5.26 Å². The van der Waals surface area contributed by atoms with Gasteiger partial charge >= 0.3 is 5.78 Å². The summed E-state index contributed by atoms with van der Waals surface area (Å²) in [6.07, 6.45) is 6.00. The Balaban J connectivity index is 1.56. The number of pyridine rings is 1. The van der Waals surface area contributed by atoms with E-state index < -0.39 is 0 Å². The van der Waals surface area contributed by atoms with Crippen LogP contribution in [0.4, 0.5) is 0 Å². The van der Waals surface area contributed by atoms with E-state index in [2.05, 4.69) is 36.3 Å². The molecule has 128 valence electrons. The number of aromatic amines is 2. The summed E-state index contributed by atoms with van der Waals surface area (Å²) in [5, 5.41) is 21.9. The van der Waals surface area contributed by atoms with Crippen LogP contribution in [-0.2, 0) is 6.42 Å². The van der Waals surface area contributed by atoms with Crippen LogP contribution in [0, 0.1) is 11.3 Å². The predicted molar refractivity (Wildman–Crippen MR) is 96.4 cm³/mol. The van der Waals surface area contributed by atoms with Crippen molar-refractivity contribution in [2.24, 2.45) is 0 Å². The number of nitrogens with one attached hydrogen (secondary N) is 2. The van der Waals surface area contributed by atoms with Gasteiger partial charge in [0.15, 0.2) is 0 Å². The van der Waals surface area contributed by atoms with E-state index in [0.29, 0.717) is 23.5 Å². The Morgan fingerprint density at radius 2 is 2.00 bits per heavy atom. The summed E-state index contributed by atoms with van der Waals surface area (Å²) in [7, 11) is 0. The molecule has 0 saturated carbocycles. The lowest BCUT2D eigenvalue weighted by atomic mass is 10.1. The molecular formula is C19H13N8+. The van der Waals surface area contributed by atoms with Crippen LogP contribution in [-0.4, -0.2) is 30.2 Å². The van der Waals surface area contributed by atoms with Crippen LogP contribution in [0.2, 0.25) is 0 Å². The molecule has 0 radical (unpaired) electrons. The summed E-state index contributed by atoms with van der Waals surface area (Å²) >= 11 is 0. The number of hydrogen-bond donors (Lipinski definition) is 2. The summed E-state index contributed by atoms with van der Waals surface area (Å²) in [5.41, 5.74) is 4.16. The second-order valence-electron chi connectivity index (χ2n) is 6.10. The third kappa shape index (κ3) is 2.58. The number of aromatic nitrogens is 7. The Morgan fingerprint density at radius 3 is 2.85 bits per heavy atom. The first-order valence-electron chi connectivity index (χ1n) is 8.36. The second kappa shape index (κ2) is 6.00. The van der Waals surface area contributed by atoms with E-state index >= 15 is 0 Å². The highest BCUT2D eigenvalue weighted by Gasteiger charge is 2.18. The van der Waals surface area contributed by atoms with Gasteiger partial charge in [-0.25, -0.2) is 4.98 Å². The average molecular weight is 353 g/mol. The van der Waals surface area contributed by atoms with Crippen molar-refractivity contribution in [2.75, 3.05) is 0 Å². The van der Waals surface area contributed by atoms with Gasteiger partial charge in [-0.15, -0.1) is 10.1 Å². The molecule has 0 atom stereocenters. The summed E-state index contributed by atoms with van der Waals surface area (Å²) in [6, 6.07) is 13.3. The van der Waals surface area contributed by atoms with Gasteiger partial charge in [-0.2, -0.15) is 10.4 Å². The number of H-pyrrole nitrogens is 2. The zero-order chi connectivity index (χ0) is 18.2. The normalized spacial score (nSPS) is 11.1. The first-order chi connectivity index (χ1) is 13.3. The van der Waals surface area contributed by atoms with Crippen molar-refractivity contribution in [1.29, 1.82) is 5.26 Å². The average Bonchev–Trinajstić information content (AvgIpc) is 3.32. The first-order valence-corrected chi connectivity index (χ1v) is 8.36. The molecule has 27 heavy (non-hydrogen) atoms. The fourth-order valence-corrected chi connectivity index (χ4v) is 3.07. The van der Waals surface area contributed by atoms with E-state index in [0.717, 1.165) is 28.0 Å². The minimum absolute atomic E-state index is 0.500. The number of rotatable bonds is 3. The highest BCUT2D eigenvalue weighted by molar-refractivity contribution is 5.79. The molecule has 4 heterocycles. The standard InChI is InChI=1S/C19H12N8/c20-9-12-3-5-13(6-4-12)16-11-23-19-25-24-17(27(19)26-16)8-14-10-22-18-15(14)2-1-7-21-18/h1-7,10-11H,8H2,(H,21,22)/p+1. The third-order valence-electron chi connectivity index (χ3n) is 4.44. The van der Waals surface area contributed by atoms with Gasteiger partial charge in [0.2, 0.25) is 5.82 Å². The topological polar surface area (TPSA) is 111 Å². The van der Waals surface area contributed by atoms with Crippen LogP contribution >= 0.6 is 0 Å². The first kappa shape index (κ1) is 15.2. The zero-order valence-corrected chi connectivity index (χ0v) is 14.1. The van der Waals surface area contributed by atoms with E-state index in [-0.39, 0.29) is 0 Å². The molecular weight excluding hydrogens is 340 g/mol. The molecule has 0 saturated heterocycles. The quantitative estimate of drug-likeness (QED) is 0.482. The second-order valence-corrected chi connectivity index (χ2v) is 6.10. The van der Waals surface area contributed by atoms with Gasteiger partial charge in [0.25, 0.3) is 0 Å². The van der Waals surface area contributed by atoms with E-state index in [9.17, 15) is 0 Å². The smallest absolute Gasteiger partial charge is 0.346 e. The lowest BCUT2D eigenvalue weighted by Gasteiger charge is -1.99. The molecule has 0 amide bonds.